The maximum absolute atomic E-state index is 12.8. The molecule has 0 aliphatic rings. The molecule has 0 amide bonds. The summed E-state index contributed by atoms with van der Waals surface area (Å²) < 4.78 is 16.8. The zero-order chi connectivity index (χ0) is 51.4. The molecule has 0 saturated heterocycles. The van der Waals surface area contributed by atoms with E-state index in [1.165, 1.54) is 173 Å². The number of unbranched alkanes of at least 4 members (excludes halogenated alkanes) is 32. The Balaban J connectivity index is 4.14. The molecule has 0 saturated carbocycles. The van der Waals surface area contributed by atoms with Crippen molar-refractivity contribution in [2.75, 3.05) is 13.2 Å². The first-order valence-electron chi connectivity index (χ1n) is 30.4. The van der Waals surface area contributed by atoms with Gasteiger partial charge < -0.3 is 14.2 Å². The van der Waals surface area contributed by atoms with E-state index < -0.39 is 6.10 Å². The molecule has 6 nitrogen and oxygen atoms in total. The van der Waals surface area contributed by atoms with Gasteiger partial charge in [-0.1, -0.05) is 267 Å². The van der Waals surface area contributed by atoms with Gasteiger partial charge in [-0.05, 0) is 89.9 Å². The number of carbonyl (C=O) groups is 3. The van der Waals surface area contributed by atoms with Crippen molar-refractivity contribution in [3.8, 4) is 0 Å². The fraction of sp³-hybridized carbons (Fsp3) is 0.769. The van der Waals surface area contributed by atoms with Crippen molar-refractivity contribution < 1.29 is 28.6 Å². The lowest BCUT2D eigenvalue weighted by Crippen LogP contribution is -2.30. The van der Waals surface area contributed by atoms with Crippen molar-refractivity contribution in [3.63, 3.8) is 0 Å². The number of hydrogen-bond donors (Lipinski definition) is 0. The van der Waals surface area contributed by atoms with Gasteiger partial charge in [0, 0.05) is 19.3 Å². The number of carbonyl (C=O) groups excluding carboxylic acids is 3. The van der Waals surface area contributed by atoms with Crippen LogP contribution in [-0.4, -0.2) is 37.2 Å². The predicted octanol–water partition coefficient (Wildman–Crippen LogP) is 20.5. The quantitative estimate of drug-likeness (QED) is 0.0261. The average Bonchev–Trinajstić information content (AvgIpc) is 3.37. The van der Waals surface area contributed by atoms with Gasteiger partial charge in [-0.3, -0.25) is 14.4 Å². The summed E-state index contributed by atoms with van der Waals surface area (Å²) in [7, 11) is 0. The summed E-state index contributed by atoms with van der Waals surface area (Å²) in [5.41, 5.74) is 0. The Morgan fingerprint density at radius 3 is 0.887 bits per heavy atom. The van der Waals surface area contributed by atoms with Gasteiger partial charge in [-0.25, -0.2) is 0 Å². The van der Waals surface area contributed by atoms with Crippen LogP contribution >= 0.6 is 0 Å². The molecule has 0 radical (unpaired) electrons. The van der Waals surface area contributed by atoms with Crippen LogP contribution in [0.4, 0.5) is 0 Å². The van der Waals surface area contributed by atoms with E-state index in [9.17, 15) is 14.4 Å². The summed E-state index contributed by atoms with van der Waals surface area (Å²) in [6.07, 6.45) is 76.5. The normalized spacial score (nSPS) is 12.5. The second kappa shape index (κ2) is 59.4. The lowest BCUT2D eigenvalue weighted by molar-refractivity contribution is -0.167. The molecule has 0 aromatic carbocycles. The van der Waals surface area contributed by atoms with Crippen LogP contribution in [0.5, 0.6) is 0 Å². The molecule has 410 valence electrons. The molecular weight excluding hydrogens is 877 g/mol. The van der Waals surface area contributed by atoms with Gasteiger partial charge in [-0.2, -0.15) is 0 Å². The molecule has 6 heteroatoms. The van der Waals surface area contributed by atoms with Crippen molar-refractivity contribution in [2.24, 2.45) is 0 Å². The zero-order valence-electron chi connectivity index (χ0n) is 47.0. The average molecular weight is 992 g/mol. The molecule has 0 N–H and O–H groups in total. The number of hydrogen-bond acceptors (Lipinski definition) is 6. The van der Waals surface area contributed by atoms with E-state index in [2.05, 4.69) is 93.7 Å². The van der Waals surface area contributed by atoms with Gasteiger partial charge in [0.25, 0.3) is 0 Å². The van der Waals surface area contributed by atoms with Gasteiger partial charge in [0.1, 0.15) is 13.2 Å². The highest BCUT2D eigenvalue weighted by Gasteiger charge is 2.19. The Bertz CT molecular complexity index is 1320. The molecule has 71 heavy (non-hydrogen) atoms. The largest absolute Gasteiger partial charge is 0.462 e. The van der Waals surface area contributed by atoms with Gasteiger partial charge in [0.05, 0.1) is 0 Å². The fourth-order valence-electron chi connectivity index (χ4n) is 8.64. The molecule has 0 aromatic heterocycles. The number of ether oxygens (including phenoxy) is 3. The highest BCUT2D eigenvalue weighted by molar-refractivity contribution is 5.71. The lowest BCUT2D eigenvalue weighted by Gasteiger charge is -2.18. The standard InChI is InChI=1S/C65H114O6/c1-4-7-10-13-16-19-21-23-25-26-27-28-29-30-31-32-33-34-35-36-37-38-40-41-43-46-49-52-55-58-64(67)70-61-62(60-69-63(66)57-54-51-48-45-18-15-12-9-6-3)71-65(68)59-56-53-50-47-44-42-39-24-22-20-17-14-11-8-5-2/h8,11,17,20-21,23-24,26-27,39,44,47,62H,4-7,9-10,12-16,18-19,22,25,28-38,40-43,45-46,48-61H2,1-3H3/b11-8-,20-17-,23-21-,27-26-,39-24-,47-44-. The topological polar surface area (TPSA) is 78.9 Å². The Labute approximate surface area is 440 Å². The lowest BCUT2D eigenvalue weighted by atomic mass is 10.0. The third-order valence-corrected chi connectivity index (χ3v) is 13.2. The fourth-order valence-corrected chi connectivity index (χ4v) is 8.64. The van der Waals surface area contributed by atoms with E-state index >= 15 is 0 Å². The van der Waals surface area contributed by atoms with E-state index in [1.807, 2.05) is 0 Å². The second-order valence-corrected chi connectivity index (χ2v) is 20.2. The van der Waals surface area contributed by atoms with E-state index in [0.29, 0.717) is 19.3 Å². The molecule has 0 heterocycles. The Kier molecular flexibility index (Phi) is 56.8. The number of rotatable bonds is 55. The van der Waals surface area contributed by atoms with Crippen molar-refractivity contribution in [3.05, 3.63) is 72.9 Å². The summed E-state index contributed by atoms with van der Waals surface area (Å²) in [6, 6.07) is 0. The van der Waals surface area contributed by atoms with Crippen LogP contribution in [0.1, 0.15) is 303 Å². The Morgan fingerprint density at radius 2 is 0.549 bits per heavy atom. The minimum Gasteiger partial charge on any atom is -0.462 e. The molecule has 0 aliphatic heterocycles. The number of allylic oxidation sites excluding steroid dienone is 12. The molecule has 0 bridgehead atoms. The molecule has 0 fully saturated rings. The van der Waals surface area contributed by atoms with Crippen molar-refractivity contribution >= 4 is 17.9 Å². The van der Waals surface area contributed by atoms with E-state index in [4.69, 9.17) is 14.2 Å². The highest BCUT2D eigenvalue weighted by atomic mass is 16.6. The molecule has 1 unspecified atom stereocenters. The minimum atomic E-state index is -0.793. The van der Waals surface area contributed by atoms with Gasteiger partial charge >= 0.3 is 17.9 Å². The van der Waals surface area contributed by atoms with Crippen LogP contribution in [0.3, 0.4) is 0 Å². The monoisotopic (exact) mass is 991 g/mol. The highest BCUT2D eigenvalue weighted by Crippen LogP contribution is 2.16. The molecule has 1 atom stereocenters. The zero-order valence-corrected chi connectivity index (χ0v) is 47.0. The summed E-state index contributed by atoms with van der Waals surface area (Å²) in [5.74, 6) is -0.924. The van der Waals surface area contributed by atoms with E-state index in [1.54, 1.807) is 0 Å². The summed E-state index contributed by atoms with van der Waals surface area (Å²) in [4.78, 5) is 38.0. The SMILES string of the molecule is CC/C=C\C/C=C\C/C=C\C/C=C\CCCCC(=O)OC(COC(=O)CCCCCCCCCCC)COC(=O)CCCCCCCCCCCCCCCCCCC/C=C\C/C=C\CCCCCCC. The van der Waals surface area contributed by atoms with Gasteiger partial charge in [0.15, 0.2) is 6.10 Å². The minimum absolute atomic E-state index is 0.0892. The van der Waals surface area contributed by atoms with Crippen molar-refractivity contribution in [1.29, 1.82) is 0 Å². The maximum Gasteiger partial charge on any atom is 0.306 e. The van der Waals surface area contributed by atoms with Crippen molar-refractivity contribution in [1.82, 2.24) is 0 Å². The van der Waals surface area contributed by atoms with Crippen LogP contribution in [0.2, 0.25) is 0 Å². The number of esters is 3. The summed E-state index contributed by atoms with van der Waals surface area (Å²) in [5, 5.41) is 0. The second-order valence-electron chi connectivity index (χ2n) is 20.2. The molecule has 0 rings (SSSR count). The molecule has 0 spiro atoms. The third-order valence-electron chi connectivity index (χ3n) is 13.2. The molecule has 0 aromatic rings. The molecular formula is C65H114O6. The first-order chi connectivity index (χ1) is 35.0. The predicted molar refractivity (Wildman–Crippen MR) is 307 cm³/mol. The van der Waals surface area contributed by atoms with Crippen LogP contribution in [0.15, 0.2) is 72.9 Å². The smallest absolute Gasteiger partial charge is 0.306 e. The van der Waals surface area contributed by atoms with Crippen LogP contribution in [-0.2, 0) is 28.6 Å². The van der Waals surface area contributed by atoms with Crippen LogP contribution in [0.25, 0.3) is 0 Å². The summed E-state index contributed by atoms with van der Waals surface area (Å²) in [6.45, 7) is 6.48. The van der Waals surface area contributed by atoms with Crippen LogP contribution in [0, 0.1) is 0 Å². The third kappa shape index (κ3) is 57.6. The first kappa shape index (κ1) is 67.8. The van der Waals surface area contributed by atoms with E-state index in [0.717, 1.165) is 83.5 Å². The maximum atomic E-state index is 12.8. The van der Waals surface area contributed by atoms with E-state index in [-0.39, 0.29) is 37.5 Å². The van der Waals surface area contributed by atoms with Gasteiger partial charge in [-0.15, -0.1) is 0 Å². The Hall–Kier alpha value is -3.15. The Morgan fingerprint density at radius 1 is 0.296 bits per heavy atom. The summed E-state index contributed by atoms with van der Waals surface area (Å²) >= 11 is 0. The molecule has 0 aliphatic carbocycles. The first-order valence-corrected chi connectivity index (χ1v) is 30.4. The van der Waals surface area contributed by atoms with Gasteiger partial charge in [0.2, 0.25) is 0 Å². The van der Waals surface area contributed by atoms with Crippen LogP contribution < -0.4 is 0 Å². The van der Waals surface area contributed by atoms with Crippen molar-refractivity contribution in [2.45, 2.75) is 309 Å².